The number of halogens is 5. The molecule has 15 heteroatoms. The van der Waals surface area contributed by atoms with E-state index in [2.05, 4.69) is 15.0 Å². The molecule has 0 aliphatic rings. The van der Waals surface area contributed by atoms with E-state index < -0.39 is 59.2 Å². The van der Waals surface area contributed by atoms with Crippen LogP contribution in [-0.4, -0.2) is 52.7 Å². The average Bonchev–Trinajstić information content (AvgIpc) is 2.88. The predicted molar refractivity (Wildman–Crippen MR) is 145 cm³/mol. The van der Waals surface area contributed by atoms with E-state index in [4.69, 9.17) is 15.2 Å². The molecule has 0 radical (unpaired) electrons. The van der Waals surface area contributed by atoms with E-state index >= 15 is 0 Å². The minimum Gasteiger partial charge on any atom is -0.481 e. The first-order chi connectivity index (χ1) is 20.0. The number of carbonyl (C=O) groups excluding carboxylic acids is 1. The van der Waals surface area contributed by atoms with Crippen molar-refractivity contribution < 1.29 is 50.9 Å². The Morgan fingerprint density at radius 3 is 2.30 bits per heavy atom. The third-order valence-corrected chi connectivity index (χ3v) is 5.69. The van der Waals surface area contributed by atoms with E-state index in [1.165, 1.54) is 13.2 Å². The highest BCUT2D eigenvalue weighted by molar-refractivity contribution is 5.95. The van der Waals surface area contributed by atoms with Crippen LogP contribution >= 0.6 is 0 Å². The van der Waals surface area contributed by atoms with E-state index in [9.17, 15) is 36.6 Å². The zero-order chi connectivity index (χ0) is 32.1. The number of anilines is 3. The largest absolute Gasteiger partial charge is 0.573 e. The number of ether oxygens (including phenoxy) is 3. The van der Waals surface area contributed by atoms with Gasteiger partial charge in [0.2, 0.25) is 5.88 Å². The molecule has 2 aromatic carbocycles. The number of hydrogen-bond donors (Lipinski definition) is 3. The first-order valence-corrected chi connectivity index (χ1v) is 12.6. The molecule has 10 nitrogen and oxygen atoms in total. The number of carboxylic acid groups (broad SMARTS) is 1. The minimum atomic E-state index is -5.05. The third kappa shape index (κ3) is 9.34. The predicted octanol–water partition coefficient (Wildman–Crippen LogP) is 6.27. The molecule has 1 heterocycles. The van der Waals surface area contributed by atoms with Crippen LogP contribution < -0.4 is 20.5 Å². The number of carboxylic acids is 1. The van der Waals surface area contributed by atoms with Gasteiger partial charge in [-0.25, -0.2) is 23.4 Å². The van der Waals surface area contributed by atoms with Crippen LogP contribution in [0.1, 0.15) is 42.4 Å². The maximum absolute atomic E-state index is 14.1. The lowest BCUT2D eigenvalue weighted by Crippen LogP contribution is -2.38. The molecule has 0 aliphatic heterocycles. The molecule has 0 saturated heterocycles. The molecule has 0 atom stereocenters. The van der Waals surface area contributed by atoms with Gasteiger partial charge < -0.3 is 35.3 Å². The van der Waals surface area contributed by atoms with Gasteiger partial charge in [0.1, 0.15) is 11.4 Å². The van der Waals surface area contributed by atoms with Crippen molar-refractivity contribution in [3.63, 3.8) is 0 Å². The number of pyridine rings is 1. The fraction of sp³-hybridized carbons (Fsp3) is 0.321. The molecule has 3 aromatic rings. The van der Waals surface area contributed by atoms with E-state index in [1.54, 1.807) is 26.8 Å². The highest BCUT2D eigenvalue weighted by Crippen LogP contribution is 2.32. The van der Waals surface area contributed by atoms with Gasteiger partial charge in [0.25, 0.3) is 0 Å². The van der Waals surface area contributed by atoms with E-state index in [0.717, 1.165) is 23.1 Å². The number of aromatic carboxylic acids is 1. The number of nitrogens with two attached hydrogens (primary N) is 1. The maximum Gasteiger partial charge on any atom is 0.573 e. The van der Waals surface area contributed by atoms with Crippen molar-refractivity contribution in [3.05, 3.63) is 70.9 Å². The zero-order valence-electron chi connectivity index (χ0n) is 23.5. The summed E-state index contributed by atoms with van der Waals surface area (Å²) < 4.78 is 81.6. The topological polar surface area (TPSA) is 136 Å². The molecule has 0 unspecified atom stereocenters. The van der Waals surface area contributed by atoms with Crippen molar-refractivity contribution in [2.45, 2.75) is 45.7 Å². The van der Waals surface area contributed by atoms with Gasteiger partial charge in [-0.3, -0.25) is 0 Å². The lowest BCUT2D eigenvalue weighted by molar-refractivity contribution is -0.274. The van der Waals surface area contributed by atoms with Crippen LogP contribution in [0.15, 0.2) is 42.5 Å². The molecule has 43 heavy (non-hydrogen) atoms. The number of nitrogens with zero attached hydrogens (tertiary/aromatic N) is 2. The Balaban J connectivity index is 2.06. The van der Waals surface area contributed by atoms with E-state index in [1.807, 2.05) is 0 Å². The second-order valence-corrected chi connectivity index (χ2v) is 10.2. The van der Waals surface area contributed by atoms with Crippen LogP contribution in [0, 0.1) is 11.6 Å². The number of methoxy groups -OCH3 is 1. The molecule has 0 saturated carbocycles. The first kappa shape index (κ1) is 32.7. The van der Waals surface area contributed by atoms with Gasteiger partial charge >= 0.3 is 18.4 Å². The number of hydrogen-bond acceptors (Lipinski definition) is 8. The molecule has 4 N–H and O–H groups in total. The molecule has 1 amide bonds. The monoisotopic (exact) mass is 612 g/mol. The van der Waals surface area contributed by atoms with Crippen LogP contribution in [0.2, 0.25) is 0 Å². The lowest BCUT2D eigenvalue weighted by Gasteiger charge is -2.28. The number of alkyl halides is 3. The number of carbonyl (C=O) groups is 2. The summed E-state index contributed by atoms with van der Waals surface area (Å²) >= 11 is 0. The second kappa shape index (κ2) is 13.0. The van der Waals surface area contributed by atoms with Crippen molar-refractivity contribution in [1.29, 1.82) is 0 Å². The Kier molecular flexibility index (Phi) is 9.89. The van der Waals surface area contributed by atoms with E-state index in [0.29, 0.717) is 23.5 Å². The van der Waals surface area contributed by atoms with Crippen molar-refractivity contribution in [2.75, 3.05) is 24.7 Å². The van der Waals surface area contributed by atoms with Crippen molar-refractivity contribution in [2.24, 2.45) is 0 Å². The summed E-state index contributed by atoms with van der Waals surface area (Å²) in [4.78, 5) is 30.4. The van der Waals surface area contributed by atoms with Crippen LogP contribution in [-0.2, 0) is 17.7 Å². The number of rotatable bonds is 10. The highest BCUT2D eigenvalue weighted by atomic mass is 19.4. The average molecular weight is 613 g/mol. The minimum absolute atomic E-state index is 0.0137. The Bertz CT molecular complexity index is 1490. The van der Waals surface area contributed by atoms with Crippen molar-refractivity contribution >= 4 is 29.1 Å². The lowest BCUT2D eigenvalue weighted by atomic mass is 10.1. The number of nitrogens with one attached hydrogen (secondary N) is 1. The van der Waals surface area contributed by atoms with Gasteiger partial charge in [-0.15, -0.1) is 13.2 Å². The van der Waals surface area contributed by atoms with Gasteiger partial charge in [0.05, 0.1) is 36.3 Å². The van der Waals surface area contributed by atoms with Crippen LogP contribution in [0.4, 0.5) is 43.8 Å². The normalized spacial score (nSPS) is 11.6. The Labute approximate surface area is 243 Å². The summed E-state index contributed by atoms with van der Waals surface area (Å²) in [5.41, 5.74) is 4.65. The second-order valence-electron chi connectivity index (χ2n) is 10.2. The summed E-state index contributed by atoms with van der Waals surface area (Å²) in [5.74, 6) is -4.78. The Morgan fingerprint density at radius 1 is 1.02 bits per heavy atom. The smallest absolute Gasteiger partial charge is 0.481 e. The van der Waals surface area contributed by atoms with Crippen LogP contribution in [0.25, 0.3) is 0 Å². The van der Waals surface area contributed by atoms with E-state index in [-0.39, 0.29) is 30.1 Å². The molecule has 0 bridgehead atoms. The quantitative estimate of drug-likeness (QED) is 0.226. The van der Waals surface area contributed by atoms with Gasteiger partial charge in [-0.2, -0.15) is 0 Å². The molecule has 0 spiro atoms. The maximum atomic E-state index is 14.1. The fourth-order valence-electron chi connectivity index (χ4n) is 3.81. The van der Waals surface area contributed by atoms with Crippen LogP contribution in [0.5, 0.6) is 11.6 Å². The van der Waals surface area contributed by atoms with Gasteiger partial charge in [0.15, 0.2) is 11.6 Å². The Morgan fingerprint density at radius 2 is 1.70 bits per heavy atom. The van der Waals surface area contributed by atoms with Gasteiger partial charge in [0, 0.05) is 30.8 Å². The molecular weight excluding hydrogens is 583 g/mol. The summed E-state index contributed by atoms with van der Waals surface area (Å²) in [6.45, 7) is 4.36. The summed E-state index contributed by atoms with van der Waals surface area (Å²) in [6.07, 6.45) is -5.82. The van der Waals surface area contributed by atoms with Crippen molar-refractivity contribution in [1.82, 2.24) is 9.88 Å². The molecule has 3 rings (SSSR count). The Hall–Kier alpha value is -4.82. The molecule has 0 aliphatic carbocycles. The zero-order valence-corrected chi connectivity index (χ0v) is 23.5. The fourth-order valence-corrected chi connectivity index (χ4v) is 3.81. The SMILES string of the molecule is COc1ccc(N)c(CCN(Cc2cc(OC(F)(F)F)ccc2Nc2cc(F)c(F)cc2C(=O)O)C(=O)OC(C)(C)C)n1. The number of amides is 1. The summed E-state index contributed by atoms with van der Waals surface area (Å²) in [5, 5.41) is 12.1. The van der Waals surface area contributed by atoms with Gasteiger partial charge in [-0.1, -0.05) is 0 Å². The van der Waals surface area contributed by atoms with Gasteiger partial charge in [-0.05, 0) is 56.7 Å². The first-order valence-electron chi connectivity index (χ1n) is 12.6. The van der Waals surface area contributed by atoms with Crippen LogP contribution in [0.3, 0.4) is 0 Å². The number of nitrogen functional groups attached to an aromatic ring is 1. The summed E-state index contributed by atoms with van der Waals surface area (Å²) in [7, 11) is 1.41. The molecular formula is C28H29F5N4O6. The molecule has 0 fully saturated rings. The standard InChI is InChI=1S/C28H29F5N4O6/c1-27(2,3)43-26(40)37(10-9-22-20(34)6-8-24(36-22)41-4)14-15-11-16(42-28(31,32)33)5-7-21(15)35-23-13-19(30)18(29)12-17(23)25(38)39/h5-8,11-13,35H,9-10,14,34H2,1-4H3,(H,38,39). The molecule has 1 aromatic heterocycles. The third-order valence-electron chi connectivity index (χ3n) is 5.69. The summed E-state index contributed by atoms with van der Waals surface area (Å²) in [6, 6.07) is 7.14. The van der Waals surface area contributed by atoms with Crippen molar-refractivity contribution in [3.8, 4) is 11.6 Å². The number of benzene rings is 2. The number of aromatic nitrogens is 1. The highest BCUT2D eigenvalue weighted by Gasteiger charge is 2.32. The molecule has 232 valence electrons.